The van der Waals surface area contributed by atoms with E-state index in [9.17, 15) is 32.5 Å². The van der Waals surface area contributed by atoms with Gasteiger partial charge in [0.25, 0.3) is 11.8 Å². The minimum absolute atomic E-state index is 0.0198. The van der Waals surface area contributed by atoms with Crippen molar-refractivity contribution in [1.82, 2.24) is 39.5 Å². The number of rotatable bonds is 9. The van der Waals surface area contributed by atoms with Crippen LogP contribution >= 0.6 is 11.3 Å². The van der Waals surface area contributed by atoms with Gasteiger partial charge in [-0.05, 0) is 74.8 Å². The minimum atomic E-state index is -3.94. The molecule has 20 heteroatoms. The quantitative estimate of drug-likeness (QED) is 0.223. The second-order valence-corrected chi connectivity index (χ2v) is 21.5. The number of hydrogen-bond donors (Lipinski definition) is 2. The zero-order chi connectivity index (χ0) is 48.5. The van der Waals surface area contributed by atoms with Crippen molar-refractivity contribution in [2.45, 2.75) is 98.0 Å². The van der Waals surface area contributed by atoms with E-state index in [4.69, 9.17) is 14.6 Å². The number of hydrogen-bond acceptors (Lipinski definition) is 13. The molecule has 3 aromatic heterocycles. The number of benzene rings is 1. The summed E-state index contributed by atoms with van der Waals surface area (Å²) in [5, 5.41) is 7.33. The van der Waals surface area contributed by atoms with Gasteiger partial charge >= 0.3 is 6.17 Å². The second-order valence-electron chi connectivity index (χ2n) is 18.7. The van der Waals surface area contributed by atoms with Gasteiger partial charge in [-0.3, -0.25) is 29.2 Å². The number of methoxy groups -OCH3 is 1. The smallest absolute Gasteiger partial charge is 0.326 e. The molecule has 0 saturated carbocycles. The lowest BCUT2D eigenvalue weighted by Gasteiger charge is -2.35. The number of hydrazine groups is 1. The number of aromatic nitrogens is 3. The van der Waals surface area contributed by atoms with E-state index in [1.807, 2.05) is 52.1 Å². The molecule has 7 rings (SSSR count). The molecular formula is C47H60N9O9S2+. The summed E-state index contributed by atoms with van der Waals surface area (Å²) in [5.74, 6) is 2.55. The molecule has 358 valence electrons. The van der Waals surface area contributed by atoms with Crippen molar-refractivity contribution in [3.63, 3.8) is 0 Å². The molecule has 4 amide bonds. The number of nitrogens with one attached hydrogen (secondary N) is 2. The van der Waals surface area contributed by atoms with Gasteiger partial charge in [-0.15, -0.1) is 11.3 Å². The van der Waals surface area contributed by atoms with Crippen molar-refractivity contribution in [3.05, 3.63) is 63.1 Å². The molecule has 0 aliphatic carbocycles. The third-order valence-electron chi connectivity index (χ3n) is 12.7. The van der Waals surface area contributed by atoms with Crippen LogP contribution in [0.5, 0.6) is 0 Å². The Labute approximate surface area is 395 Å². The molecular weight excluding hydrogens is 899 g/mol. The highest BCUT2D eigenvalue weighted by Crippen LogP contribution is 2.42. The van der Waals surface area contributed by atoms with Gasteiger partial charge in [0.15, 0.2) is 6.61 Å². The highest BCUT2D eigenvalue weighted by molar-refractivity contribution is 7.89. The monoisotopic (exact) mass is 958 g/mol. The summed E-state index contributed by atoms with van der Waals surface area (Å²) >= 11 is 1.30. The van der Waals surface area contributed by atoms with Gasteiger partial charge in [0.05, 0.1) is 50.8 Å². The van der Waals surface area contributed by atoms with Crippen LogP contribution in [-0.4, -0.2) is 131 Å². The molecule has 3 aliphatic heterocycles. The van der Waals surface area contributed by atoms with Crippen LogP contribution in [0.1, 0.15) is 83.2 Å². The standard InChI is InChI=1S/C47H59N9O9S2/c1-10-13-40(57)53-21-18-31(25-53)45(59)52(7)42(28(2)3)44(58)50-35-23-39-49-36(26-66-39)30-16-17-37-33(22-30)34(24-47(5,6)27-65-56(61)38-15-12-20-54(51-38)46(35)60)43(55(37)67(9,62)63)32-14-11-19-48-41(32)29(4)64-8/h11,14,16-17,19,22,26,28-29,31,35,38,42,51H,12,15,18,20-21,23-25,27H2,1-9H3/p+1/t29-,31-,35-,38+,42-/m0/s1. The topological polar surface area (TPSA) is 205 Å². The lowest BCUT2D eigenvalue weighted by molar-refractivity contribution is -0.835. The molecule has 18 nitrogen and oxygen atoms in total. The van der Waals surface area contributed by atoms with Crippen LogP contribution in [0.4, 0.5) is 0 Å². The summed E-state index contributed by atoms with van der Waals surface area (Å²) < 4.78 is 34.9. The Morgan fingerprint density at radius 2 is 1.91 bits per heavy atom. The Morgan fingerprint density at radius 3 is 2.61 bits per heavy atom. The molecule has 4 aromatic rings. The number of carbonyl (C=O) groups is 4. The highest BCUT2D eigenvalue weighted by Gasteiger charge is 2.42. The number of carbonyl (C=O) groups excluding carboxylic acids is 4. The van der Waals surface area contributed by atoms with Gasteiger partial charge in [0.1, 0.15) is 12.1 Å². The number of likely N-dealkylation sites (tertiary alicyclic amines) is 1. The molecule has 1 aromatic carbocycles. The fourth-order valence-electron chi connectivity index (χ4n) is 9.31. The third kappa shape index (κ3) is 10.4. The maximum absolute atomic E-state index is 14.6. The van der Waals surface area contributed by atoms with E-state index in [1.54, 1.807) is 45.5 Å². The van der Waals surface area contributed by atoms with Crippen LogP contribution in [0.2, 0.25) is 0 Å². The highest BCUT2D eigenvalue weighted by atomic mass is 32.2. The number of likely N-dealkylation sites (N-methyl/N-ethyl adjacent to an activating group) is 1. The molecule has 2 saturated heterocycles. The van der Waals surface area contributed by atoms with Gasteiger partial charge in [0.2, 0.25) is 26.8 Å². The third-order valence-corrected chi connectivity index (χ3v) is 14.6. The van der Waals surface area contributed by atoms with E-state index in [0.717, 1.165) is 6.26 Å². The molecule has 2 fully saturated rings. The first-order valence-electron chi connectivity index (χ1n) is 22.5. The van der Waals surface area contributed by atoms with Crippen molar-refractivity contribution in [2.75, 3.05) is 46.7 Å². The summed E-state index contributed by atoms with van der Waals surface area (Å²) in [7, 11) is -0.809. The first-order chi connectivity index (χ1) is 31.7. The normalized spacial score (nSPS) is 21.0. The average molecular weight is 959 g/mol. The Kier molecular flexibility index (Phi) is 14.6. The number of fused-ring (bicyclic) bond motifs is 6. The van der Waals surface area contributed by atoms with E-state index >= 15 is 0 Å². The SMILES string of the molecule is CC#CC(=O)N1CC[C@H](C(=O)N(C)[C@H](C(=O)N[C@H]2Cc3nc(cs3)-c3ccc4c(c3)c(c(-c3cccnc3[C@H](C)OC)n4S(C)(=O)=O)CC(C)(C)CO[N+](=O)[C@@H]3CCCN(N3)C2=O)C(C)C)C1. The summed E-state index contributed by atoms with van der Waals surface area (Å²) in [6.45, 7) is 11.7. The number of pyridine rings is 1. The molecule has 0 radical (unpaired) electrons. The van der Waals surface area contributed by atoms with E-state index in [-0.39, 0.29) is 50.3 Å². The van der Waals surface area contributed by atoms with Crippen molar-refractivity contribution in [2.24, 2.45) is 17.3 Å². The van der Waals surface area contributed by atoms with E-state index < -0.39 is 57.5 Å². The Hall–Kier alpha value is -5.75. The van der Waals surface area contributed by atoms with Gasteiger partial charge in [0, 0.05) is 80.1 Å². The first kappa shape index (κ1) is 49.2. The Balaban J connectivity index is 1.29. The summed E-state index contributed by atoms with van der Waals surface area (Å²) in [4.78, 5) is 88.2. The Morgan fingerprint density at radius 1 is 1.15 bits per heavy atom. The average Bonchev–Trinajstić information content (AvgIpc) is 4.05. The molecule has 6 heterocycles. The zero-order valence-electron chi connectivity index (χ0n) is 39.5. The van der Waals surface area contributed by atoms with Crippen LogP contribution in [0.15, 0.2) is 41.9 Å². The van der Waals surface area contributed by atoms with Gasteiger partial charge in [-0.25, -0.2) is 22.2 Å². The Bertz CT molecular complexity index is 2760. The number of thiazole rings is 1. The molecule has 2 N–H and O–H groups in total. The number of nitrogens with zero attached hydrogens (tertiary/aromatic N) is 7. The molecule has 3 aliphatic rings. The van der Waals surface area contributed by atoms with Crippen LogP contribution in [0.25, 0.3) is 33.4 Å². The molecule has 5 atom stereocenters. The van der Waals surface area contributed by atoms with E-state index in [1.165, 1.54) is 30.1 Å². The molecule has 0 spiro atoms. The number of ether oxygens (including phenoxy) is 1. The second kappa shape index (κ2) is 19.8. The molecule has 67 heavy (non-hydrogen) atoms. The van der Waals surface area contributed by atoms with Crippen LogP contribution in [0.3, 0.4) is 0 Å². The minimum Gasteiger partial charge on any atom is -0.375 e. The van der Waals surface area contributed by atoms with Gasteiger partial charge < -0.3 is 19.9 Å². The van der Waals surface area contributed by atoms with Crippen molar-refractivity contribution in [3.8, 4) is 34.4 Å². The van der Waals surface area contributed by atoms with Crippen LogP contribution in [-0.2, 0) is 51.6 Å². The predicted molar refractivity (Wildman–Crippen MR) is 252 cm³/mol. The maximum Gasteiger partial charge on any atom is 0.326 e. The largest absolute Gasteiger partial charge is 0.375 e. The van der Waals surface area contributed by atoms with E-state index in [0.29, 0.717) is 80.4 Å². The lowest BCUT2D eigenvalue weighted by atomic mass is 9.84. The fourth-order valence-corrected chi connectivity index (χ4v) is 11.2. The van der Waals surface area contributed by atoms with Crippen molar-refractivity contribution < 1.29 is 42.1 Å². The van der Waals surface area contributed by atoms with Gasteiger partial charge in [-0.2, -0.15) is 5.43 Å². The molecule has 6 bridgehead atoms. The van der Waals surface area contributed by atoms with E-state index in [2.05, 4.69) is 27.6 Å². The summed E-state index contributed by atoms with van der Waals surface area (Å²) in [6.07, 6.45) is 2.87. The summed E-state index contributed by atoms with van der Waals surface area (Å²) in [6, 6.07) is 6.92. The van der Waals surface area contributed by atoms with Crippen LogP contribution in [0, 0.1) is 34.0 Å². The molecule has 0 unspecified atom stereocenters. The zero-order valence-corrected chi connectivity index (χ0v) is 41.1. The van der Waals surface area contributed by atoms with Crippen molar-refractivity contribution in [1.29, 1.82) is 0 Å². The predicted octanol–water partition coefficient (Wildman–Crippen LogP) is 4.47. The van der Waals surface area contributed by atoms with Crippen molar-refractivity contribution >= 4 is 55.9 Å². The number of amides is 4. The first-order valence-corrected chi connectivity index (χ1v) is 25.2. The fraction of sp³-hybridized carbons (Fsp3) is 0.532. The van der Waals surface area contributed by atoms with Gasteiger partial charge in [-0.1, -0.05) is 39.7 Å². The maximum atomic E-state index is 14.6. The van der Waals surface area contributed by atoms with Crippen LogP contribution < -0.4 is 10.7 Å². The summed E-state index contributed by atoms with van der Waals surface area (Å²) in [5.41, 5.74) is 6.26. The lowest BCUT2D eigenvalue weighted by Crippen LogP contribution is -2.62.